The highest BCUT2D eigenvalue weighted by atomic mass is 16.5. The Hall–Kier alpha value is -0.240. The standard InChI is InChI=1S/C22H39NO5/c24-13-18-20(26)21(27)19(25)12-23(18)4-2-1-3-5-28-14-22-9-15-6-16(10-22)8-17(7-15)11-22/h15-21,24-27H,1-14H2/t15?,16?,17?,18-,19+,20-,21-,22?/m0/s1. The van der Waals surface area contributed by atoms with Crippen molar-refractivity contribution in [2.45, 2.75) is 82.1 Å². The first-order valence-corrected chi connectivity index (χ1v) is 11.5. The van der Waals surface area contributed by atoms with Crippen molar-refractivity contribution < 1.29 is 25.2 Å². The van der Waals surface area contributed by atoms with Crippen LogP contribution in [0.25, 0.3) is 0 Å². The molecule has 4 saturated carbocycles. The lowest BCUT2D eigenvalue weighted by molar-refractivity contribution is -0.145. The van der Waals surface area contributed by atoms with Gasteiger partial charge in [-0.25, -0.2) is 0 Å². The van der Waals surface area contributed by atoms with Crippen LogP contribution < -0.4 is 0 Å². The lowest BCUT2D eigenvalue weighted by atomic mass is 9.50. The van der Waals surface area contributed by atoms with E-state index in [0.29, 0.717) is 18.5 Å². The van der Waals surface area contributed by atoms with Crippen molar-refractivity contribution in [2.75, 3.05) is 32.9 Å². The summed E-state index contributed by atoms with van der Waals surface area (Å²) in [5.74, 6) is 2.93. The second-order valence-electron chi connectivity index (χ2n) is 10.3. The second-order valence-corrected chi connectivity index (χ2v) is 10.3. The molecule has 4 N–H and O–H groups in total. The molecule has 1 heterocycles. The highest BCUT2D eigenvalue weighted by molar-refractivity contribution is 5.01. The number of hydrogen-bond donors (Lipinski definition) is 4. The van der Waals surface area contributed by atoms with Crippen LogP contribution in [0.3, 0.4) is 0 Å². The van der Waals surface area contributed by atoms with E-state index >= 15 is 0 Å². The predicted molar refractivity (Wildman–Crippen MR) is 106 cm³/mol. The van der Waals surface area contributed by atoms with Gasteiger partial charge < -0.3 is 25.2 Å². The van der Waals surface area contributed by atoms with Gasteiger partial charge in [-0.15, -0.1) is 0 Å². The summed E-state index contributed by atoms with van der Waals surface area (Å²) in [7, 11) is 0. The van der Waals surface area contributed by atoms with Gasteiger partial charge in [0, 0.05) is 13.2 Å². The molecular weight excluding hydrogens is 358 g/mol. The fourth-order valence-corrected chi connectivity index (χ4v) is 7.09. The Labute approximate surface area is 168 Å². The van der Waals surface area contributed by atoms with E-state index < -0.39 is 24.4 Å². The molecule has 162 valence electrons. The zero-order valence-corrected chi connectivity index (χ0v) is 17.1. The Bertz CT molecular complexity index is 480. The molecule has 4 aliphatic carbocycles. The van der Waals surface area contributed by atoms with Gasteiger partial charge in [-0.1, -0.05) is 0 Å². The van der Waals surface area contributed by atoms with Crippen molar-refractivity contribution in [2.24, 2.45) is 23.2 Å². The molecule has 28 heavy (non-hydrogen) atoms. The number of nitrogens with zero attached hydrogens (tertiary/aromatic N) is 1. The highest BCUT2D eigenvalue weighted by Gasteiger charge is 2.50. The Balaban J connectivity index is 1.11. The minimum atomic E-state index is -1.17. The first-order chi connectivity index (χ1) is 13.5. The number of β-amino-alcohol motifs (C(OH)–C–C–N with tert-alkyl or cyclic N) is 1. The van der Waals surface area contributed by atoms with Crippen LogP contribution in [0.4, 0.5) is 0 Å². The third-order valence-electron chi connectivity index (χ3n) is 8.02. The van der Waals surface area contributed by atoms with Crippen LogP contribution in [-0.2, 0) is 4.74 Å². The summed E-state index contributed by atoms with van der Waals surface area (Å²) in [4.78, 5) is 1.90. The van der Waals surface area contributed by atoms with Gasteiger partial charge in [-0.2, -0.15) is 0 Å². The van der Waals surface area contributed by atoms with Gasteiger partial charge in [0.15, 0.2) is 0 Å². The average molecular weight is 398 g/mol. The zero-order valence-electron chi connectivity index (χ0n) is 17.1. The number of unbranched alkanes of at least 4 members (excludes halogenated alkanes) is 2. The van der Waals surface area contributed by atoms with Crippen LogP contribution in [0.5, 0.6) is 0 Å². The van der Waals surface area contributed by atoms with Gasteiger partial charge in [0.1, 0.15) is 12.2 Å². The van der Waals surface area contributed by atoms with Gasteiger partial charge in [0.2, 0.25) is 0 Å². The van der Waals surface area contributed by atoms with Crippen LogP contribution >= 0.6 is 0 Å². The average Bonchev–Trinajstić information content (AvgIpc) is 2.64. The monoisotopic (exact) mass is 397 g/mol. The fraction of sp³-hybridized carbons (Fsp3) is 1.00. The van der Waals surface area contributed by atoms with Gasteiger partial charge in [-0.3, -0.25) is 4.90 Å². The van der Waals surface area contributed by atoms with Crippen molar-refractivity contribution in [3.05, 3.63) is 0 Å². The molecule has 1 saturated heterocycles. The summed E-state index contributed by atoms with van der Waals surface area (Å²) in [6, 6.07) is -0.495. The van der Waals surface area contributed by atoms with E-state index in [1.807, 2.05) is 4.90 Å². The van der Waals surface area contributed by atoms with Crippen molar-refractivity contribution in [1.82, 2.24) is 4.90 Å². The van der Waals surface area contributed by atoms with E-state index in [0.717, 1.165) is 50.2 Å². The second kappa shape index (κ2) is 8.86. The SMILES string of the molecule is OC[C@H]1[C@H](O)[C@@H](O)[C@H](O)CN1CCCCCOCC12CC3CC(CC(C3)C1)C2. The first kappa shape index (κ1) is 21.0. The molecule has 0 unspecified atom stereocenters. The summed E-state index contributed by atoms with van der Waals surface area (Å²) in [5.41, 5.74) is 0.490. The number of rotatable bonds is 9. The van der Waals surface area contributed by atoms with Gasteiger partial charge in [0.05, 0.1) is 25.4 Å². The van der Waals surface area contributed by atoms with Crippen molar-refractivity contribution in [1.29, 1.82) is 0 Å². The van der Waals surface area contributed by atoms with Gasteiger partial charge >= 0.3 is 0 Å². The normalized spacial score (nSPS) is 45.6. The van der Waals surface area contributed by atoms with Crippen LogP contribution in [-0.4, -0.2) is 82.6 Å². The van der Waals surface area contributed by atoms with Crippen molar-refractivity contribution in [3.8, 4) is 0 Å². The summed E-state index contributed by atoms with van der Waals surface area (Å²) in [6.07, 6.45) is 8.38. The van der Waals surface area contributed by atoms with E-state index in [2.05, 4.69) is 0 Å². The lowest BCUT2D eigenvalue weighted by Gasteiger charge is -2.56. The summed E-state index contributed by atoms with van der Waals surface area (Å²) < 4.78 is 6.13. The zero-order chi connectivity index (χ0) is 19.7. The molecule has 5 rings (SSSR count). The maximum atomic E-state index is 10.0. The molecule has 4 atom stereocenters. The van der Waals surface area contributed by atoms with Crippen LogP contribution in [0.2, 0.25) is 0 Å². The molecule has 5 fully saturated rings. The molecule has 6 nitrogen and oxygen atoms in total. The molecule has 0 aromatic carbocycles. The Morgan fingerprint density at radius 2 is 1.50 bits per heavy atom. The highest BCUT2D eigenvalue weighted by Crippen LogP contribution is 2.60. The maximum Gasteiger partial charge on any atom is 0.109 e. The van der Waals surface area contributed by atoms with Crippen LogP contribution in [0.1, 0.15) is 57.8 Å². The molecule has 6 heteroatoms. The third kappa shape index (κ3) is 4.42. The minimum Gasteiger partial charge on any atom is -0.395 e. The number of hydrogen-bond acceptors (Lipinski definition) is 6. The molecular formula is C22H39NO5. The number of ether oxygens (including phenoxy) is 1. The topological polar surface area (TPSA) is 93.4 Å². The smallest absolute Gasteiger partial charge is 0.109 e. The fourth-order valence-electron chi connectivity index (χ4n) is 7.09. The van der Waals surface area contributed by atoms with Gasteiger partial charge in [0.25, 0.3) is 0 Å². The number of likely N-dealkylation sites (tertiary alicyclic amines) is 1. The summed E-state index contributed by atoms with van der Waals surface area (Å²) in [6.45, 7) is 2.56. The molecule has 5 aliphatic rings. The number of piperidine rings is 1. The van der Waals surface area contributed by atoms with E-state index in [1.54, 1.807) is 0 Å². The van der Waals surface area contributed by atoms with E-state index in [1.165, 1.54) is 38.5 Å². The minimum absolute atomic E-state index is 0.209. The molecule has 1 aliphatic heterocycles. The Morgan fingerprint density at radius 3 is 2.11 bits per heavy atom. The van der Waals surface area contributed by atoms with Gasteiger partial charge in [-0.05, 0) is 87.5 Å². The van der Waals surface area contributed by atoms with E-state index in [4.69, 9.17) is 4.74 Å². The number of aliphatic hydroxyl groups excluding tert-OH is 4. The lowest BCUT2D eigenvalue weighted by Crippen LogP contribution is -2.62. The quantitative estimate of drug-likeness (QED) is 0.436. The molecule has 0 spiro atoms. The Morgan fingerprint density at radius 1 is 0.857 bits per heavy atom. The Kier molecular flexibility index (Phi) is 6.65. The molecule has 4 bridgehead atoms. The van der Waals surface area contributed by atoms with Crippen molar-refractivity contribution >= 4 is 0 Å². The van der Waals surface area contributed by atoms with Crippen LogP contribution in [0.15, 0.2) is 0 Å². The van der Waals surface area contributed by atoms with E-state index in [9.17, 15) is 20.4 Å². The largest absolute Gasteiger partial charge is 0.395 e. The summed E-state index contributed by atoms with van der Waals surface area (Å²) in [5, 5.41) is 39.2. The predicted octanol–water partition coefficient (Wildman–Crippen LogP) is 1.15. The number of aliphatic hydroxyl groups is 4. The van der Waals surface area contributed by atoms with E-state index in [-0.39, 0.29) is 6.61 Å². The molecule has 0 aromatic rings. The first-order valence-electron chi connectivity index (χ1n) is 11.5. The van der Waals surface area contributed by atoms with Crippen molar-refractivity contribution in [3.63, 3.8) is 0 Å². The summed E-state index contributed by atoms with van der Waals surface area (Å²) >= 11 is 0. The molecule has 0 amide bonds. The molecule has 0 aromatic heterocycles. The maximum absolute atomic E-state index is 10.0. The van der Waals surface area contributed by atoms with Crippen LogP contribution in [0, 0.1) is 23.2 Å². The third-order valence-corrected chi connectivity index (χ3v) is 8.02. The molecule has 0 radical (unpaired) electrons.